The van der Waals surface area contributed by atoms with Gasteiger partial charge >= 0.3 is 0 Å². The number of nitriles is 1. The molecule has 0 aliphatic carbocycles. The van der Waals surface area contributed by atoms with Crippen LogP contribution in [0.3, 0.4) is 0 Å². The van der Waals surface area contributed by atoms with Crippen LogP contribution >= 0.6 is 11.8 Å². The van der Waals surface area contributed by atoms with E-state index in [0.29, 0.717) is 23.5 Å². The van der Waals surface area contributed by atoms with E-state index in [1.807, 2.05) is 54.6 Å². The van der Waals surface area contributed by atoms with Gasteiger partial charge in [-0.1, -0.05) is 42.5 Å². The summed E-state index contributed by atoms with van der Waals surface area (Å²) in [6.45, 7) is 0.398. The number of carbonyl (C=O) groups excluding carboxylic acids is 1. The first-order valence-corrected chi connectivity index (χ1v) is 9.40. The SMILES string of the molecule is N#Cc1ccc(OCc2ccccc2)c(C2Sc3ccccc3NC2=O)c1. The van der Waals surface area contributed by atoms with Gasteiger partial charge < -0.3 is 10.1 Å². The van der Waals surface area contributed by atoms with Gasteiger partial charge in [0.25, 0.3) is 0 Å². The highest BCUT2D eigenvalue weighted by molar-refractivity contribution is 8.00. The zero-order valence-electron chi connectivity index (χ0n) is 14.4. The van der Waals surface area contributed by atoms with Crippen molar-refractivity contribution in [1.82, 2.24) is 0 Å². The number of ether oxygens (including phenoxy) is 1. The number of nitrogens with zero attached hydrogens (tertiary/aromatic N) is 1. The van der Waals surface area contributed by atoms with Crippen LogP contribution in [0, 0.1) is 11.3 Å². The molecule has 132 valence electrons. The van der Waals surface area contributed by atoms with Gasteiger partial charge in [0.05, 0.1) is 17.3 Å². The zero-order valence-corrected chi connectivity index (χ0v) is 15.2. The van der Waals surface area contributed by atoms with E-state index < -0.39 is 5.25 Å². The fraction of sp³-hybridized carbons (Fsp3) is 0.0909. The molecule has 0 saturated heterocycles. The summed E-state index contributed by atoms with van der Waals surface area (Å²) in [4.78, 5) is 13.7. The van der Waals surface area contributed by atoms with E-state index in [1.165, 1.54) is 11.8 Å². The van der Waals surface area contributed by atoms with E-state index in [9.17, 15) is 10.1 Å². The quantitative estimate of drug-likeness (QED) is 0.706. The van der Waals surface area contributed by atoms with Gasteiger partial charge in [-0.25, -0.2) is 0 Å². The number of rotatable bonds is 4. The Morgan fingerprint density at radius 2 is 1.81 bits per heavy atom. The largest absolute Gasteiger partial charge is 0.489 e. The van der Waals surface area contributed by atoms with Crippen molar-refractivity contribution in [3.8, 4) is 11.8 Å². The molecule has 1 N–H and O–H groups in total. The average Bonchev–Trinajstić information content (AvgIpc) is 2.72. The molecule has 3 aromatic carbocycles. The fourth-order valence-corrected chi connectivity index (χ4v) is 4.08. The second-order valence-electron chi connectivity index (χ2n) is 6.12. The van der Waals surface area contributed by atoms with Crippen molar-refractivity contribution in [2.24, 2.45) is 0 Å². The minimum atomic E-state index is -0.473. The Bertz CT molecular complexity index is 1030. The topological polar surface area (TPSA) is 62.1 Å². The highest BCUT2D eigenvalue weighted by atomic mass is 32.2. The van der Waals surface area contributed by atoms with Crippen molar-refractivity contribution < 1.29 is 9.53 Å². The summed E-state index contributed by atoms with van der Waals surface area (Å²) in [7, 11) is 0. The predicted octanol–water partition coefficient (Wildman–Crippen LogP) is 4.92. The van der Waals surface area contributed by atoms with Crippen molar-refractivity contribution in [2.75, 3.05) is 5.32 Å². The first kappa shape index (κ1) is 17.2. The van der Waals surface area contributed by atoms with Crippen molar-refractivity contribution in [3.05, 3.63) is 89.5 Å². The number of anilines is 1. The van der Waals surface area contributed by atoms with Crippen molar-refractivity contribution in [1.29, 1.82) is 5.26 Å². The maximum Gasteiger partial charge on any atom is 0.242 e. The molecule has 27 heavy (non-hydrogen) atoms. The van der Waals surface area contributed by atoms with Gasteiger partial charge in [-0.05, 0) is 35.9 Å². The number of amides is 1. The van der Waals surface area contributed by atoms with Crippen LogP contribution in [-0.4, -0.2) is 5.91 Å². The summed E-state index contributed by atoms with van der Waals surface area (Å²) < 4.78 is 6.01. The van der Waals surface area contributed by atoms with Gasteiger partial charge in [-0.15, -0.1) is 11.8 Å². The van der Waals surface area contributed by atoms with E-state index in [0.717, 1.165) is 16.1 Å². The molecule has 1 heterocycles. The third kappa shape index (κ3) is 3.67. The van der Waals surface area contributed by atoms with Crippen LogP contribution in [0.25, 0.3) is 0 Å². The molecule has 0 spiro atoms. The lowest BCUT2D eigenvalue weighted by molar-refractivity contribution is -0.115. The van der Waals surface area contributed by atoms with Gasteiger partial charge in [0.2, 0.25) is 5.91 Å². The highest BCUT2D eigenvalue weighted by Crippen LogP contribution is 2.46. The maximum atomic E-state index is 12.7. The number of fused-ring (bicyclic) bond motifs is 1. The fourth-order valence-electron chi connectivity index (χ4n) is 2.95. The first-order chi connectivity index (χ1) is 13.2. The lowest BCUT2D eigenvalue weighted by Gasteiger charge is -2.25. The number of hydrogen-bond acceptors (Lipinski definition) is 4. The average molecular weight is 372 g/mol. The number of para-hydroxylation sites is 1. The lowest BCUT2D eigenvalue weighted by atomic mass is 10.1. The minimum Gasteiger partial charge on any atom is -0.489 e. The van der Waals surface area contributed by atoms with Crippen molar-refractivity contribution in [2.45, 2.75) is 16.8 Å². The molecule has 1 atom stereocenters. The molecule has 0 bridgehead atoms. The Morgan fingerprint density at radius 3 is 2.63 bits per heavy atom. The summed E-state index contributed by atoms with van der Waals surface area (Å²) >= 11 is 1.47. The van der Waals surface area contributed by atoms with E-state index >= 15 is 0 Å². The summed E-state index contributed by atoms with van der Waals surface area (Å²) in [5.74, 6) is 0.503. The second kappa shape index (κ2) is 7.56. The monoisotopic (exact) mass is 372 g/mol. The highest BCUT2D eigenvalue weighted by Gasteiger charge is 2.30. The van der Waals surface area contributed by atoms with Gasteiger partial charge in [-0.2, -0.15) is 5.26 Å². The maximum absolute atomic E-state index is 12.7. The van der Waals surface area contributed by atoms with Crippen LogP contribution in [0.1, 0.15) is 21.9 Å². The van der Waals surface area contributed by atoms with Gasteiger partial charge in [0.1, 0.15) is 17.6 Å². The van der Waals surface area contributed by atoms with E-state index in [4.69, 9.17) is 4.74 Å². The Balaban J connectivity index is 1.66. The van der Waals surface area contributed by atoms with Gasteiger partial charge in [-0.3, -0.25) is 4.79 Å². The molecule has 0 fully saturated rings. The number of nitrogens with one attached hydrogen (secondary N) is 1. The third-order valence-corrected chi connectivity index (χ3v) is 5.60. The molecule has 1 aliphatic heterocycles. The van der Waals surface area contributed by atoms with Gasteiger partial charge in [0, 0.05) is 10.5 Å². The van der Waals surface area contributed by atoms with Crippen LogP contribution in [0.2, 0.25) is 0 Å². The molecule has 3 aromatic rings. The summed E-state index contributed by atoms with van der Waals surface area (Å²) in [6.07, 6.45) is 0. The van der Waals surface area contributed by atoms with E-state index in [-0.39, 0.29) is 5.91 Å². The Morgan fingerprint density at radius 1 is 1.04 bits per heavy atom. The standard InChI is InChI=1S/C22H16N2O2S/c23-13-16-10-11-19(26-14-15-6-2-1-3-7-15)17(12-16)21-22(25)24-18-8-4-5-9-20(18)27-21/h1-12,21H,14H2,(H,24,25). The molecule has 4 nitrogen and oxygen atoms in total. The van der Waals surface area contributed by atoms with Crippen LogP contribution in [-0.2, 0) is 11.4 Å². The molecule has 0 radical (unpaired) electrons. The van der Waals surface area contributed by atoms with Crippen LogP contribution in [0.4, 0.5) is 5.69 Å². The van der Waals surface area contributed by atoms with Crippen molar-refractivity contribution in [3.63, 3.8) is 0 Å². The lowest BCUT2D eigenvalue weighted by Crippen LogP contribution is -2.23. The number of hydrogen-bond donors (Lipinski definition) is 1. The smallest absolute Gasteiger partial charge is 0.242 e. The normalized spacial score (nSPS) is 15.4. The van der Waals surface area contributed by atoms with Crippen LogP contribution in [0.5, 0.6) is 5.75 Å². The molecular formula is C22H16N2O2S. The molecule has 1 unspecified atom stereocenters. The Kier molecular flexibility index (Phi) is 4.82. The zero-order chi connectivity index (χ0) is 18.6. The minimum absolute atomic E-state index is 0.113. The van der Waals surface area contributed by atoms with E-state index in [2.05, 4.69) is 11.4 Å². The van der Waals surface area contributed by atoms with Crippen LogP contribution < -0.4 is 10.1 Å². The van der Waals surface area contributed by atoms with Crippen LogP contribution in [0.15, 0.2) is 77.7 Å². The Hall–Kier alpha value is -3.23. The summed E-state index contributed by atoms with van der Waals surface area (Å²) in [5.41, 5.74) is 3.07. The predicted molar refractivity (Wildman–Crippen MR) is 106 cm³/mol. The van der Waals surface area contributed by atoms with E-state index in [1.54, 1.807) is 18.2 Å². The molecule has 5 heteroatoms. The number of thioether (sulfide) groups is 1. The molecule has 0 aromatic heterocycles. The summed E-state index contributed by atoms with van der Waals surface area (Å²) in [6, 6.07) is 24.9. The summed E-state index contributed by atoms with van der Waals surface area (Å²) in [5, 5.41) is 11.8. The number of carbonyl (C=O) groups is 1. The molecule has 0 saturated carbocycles. The third-order valence-electron chi connectivity index (χ3n) is 4.29. The van der Waals surface area contributed by atoms with Crippen molar-refractivity contribution >= 4 is 23.4 Å². The molecule has 4 rings (SSSR count). The Labute approximate surface area is 161 Å². The molecular weight excluding hydrogens is 356 g/mol. The van der Waals surface area contributed by atoms with Gasteiger partial charge in [0.15, 0.2) is 0 Å². The molecule has 1 aliphatic rings. The first-order valence-electron chi connectivity index (χ1n) is 8.52. The second-order valence-corrected chi connectivity index (χ2v) is 7.27. The molecule has 1 amide bonds. The number of benzene rings is 3.